The van der Waals surface area contributed by atoms with Crippen LogP contribution in [0, 0.1) is 5.92 Å². The highest BCUT2D eigenvalue weighted by molar-refractivity contribution is 5.75. The molecule has 0 aliphatic rings. The molecule has 90 valence electrons. The van der Waals surface area contributed by atoms with Crippen LogP contribution in [-0.2, 0) is 9.53 Å². The molecule has 0 aliphatic heterocycles. The SMILES string of the molecule is CNC(CN(C)CCC(C)C)C(=O)OC. The Morgan fingerprint density at radius 1 is 1.47 bits per heavy atom. The van der Waals surface area contributed by atoms with E-state index >= 15 is 0 Å². The Hall–Kier alpha value is -0.610. The third kappa shape index (κ3) is 6.47. The second-order valence-corrected chi connectivity index (χ2v) is 4.31. The van der Waals surface area contributed by atoms with E-state index in [1.165, 1.54) is 7.11 Å². The van der Waals surface area contributed by atoms with Gasteiger partial charge in [-0.25, -0.2) is 0 Å². The number of carbonyl (C=O) groups is 1. The van der Waals surface area contributed by atoms with Crippen LogP contribution < -0.4 is 5.32 Å². The Morgan fingerprint density at radius 3 is 2.47 bits per heavy atom. The van der Waals surface area contributed by atoms with Crippen LogP contribution in [0.2, 0.25) is 0 Å². The van der Waals surface area contributed by atoms with E-state index in [4.69, 9.17) is 4.74 Å². The topological polar surface area (TPSA) is 41.6 Å². The van der Waals surface area contributed by atoms with Crippen molar-refractivity contribution >= 4 is 5.97 Å². The minimum atomic E-state index is -0.229. The van der Waals surface area contributed by atoms with E-state index in [2.05, 4.69) is 24.1 Å². The zero-order chi connectivity index (χ0) is 11.8. The lowest BCUT2D eigenvalue weighted by Gasteiger charge is -2.22. The smallest absolute Gasteiger partial charge is 0.324 e. The van der Waals surface area contributed by atoms with Gasteiger partial charge in [-0.3, -0.25) is 4.79 Å². The minimum absolute atomic E-state index is 0.200. The van der Waals surface area contributed by atoms with Crippen LogP contribution in [0.5, 0.6) is 0 Å². The Kier molecular flexibility index (Phi) is 7.34. The summed E-state index contributed by atoms with van der Waals surface area (Å²) in [5, 5.41) is 2.96. The first-order valence-corrected chi connectivity index (χ1v) is 5.44. The number of likely N-dealkylation sites (N-methyl/N-ethyl adjacent to an activating group) is 2. The van der Waals surface area contributed by atoms with Gasteiger partial charge in [-0.2, -0.15) is 0 Å². The maximum atomic E-state index is 11.3. The molecule has 15 heavy (non-hydrogen) atoms. The molecule has 0 spiro atoms. The summed E-state index contributed by atoms with van der Waals surface area (Å²) in [6.07, 6.45) is 1.15. The number of rotatable bonds is 7. The van der Waals surface area contributed by atoms with Crippen molar-refractivity contribution in [1.29, 1.82) is 0 Å². The molecule has 1 atom stereocenters. The fraction of sp³-hybridized carbons (Fsp3) is 0.909. The number of nitrogens with one attached hydrogen (secondary N) is 1. The minimum Gasteiger partial charge on any atom is -0.468 e. The van der Waals surface area contributed by atoms with Gasteiger partial charge in [0, 0.05) is 6.54 Å². The van der Waals surface area contributed by atoms with Crippen LogP contribution >= 0.6 is 0 Å². The standard InChI is InChI=1S/C11H24N2O2/c1-9(2)6-7-13(4)8-10(12-3)11(14)15-5/h9-10,12H,6-8H2,1-5H3. The summed E-state index contributed by atoms with van der Waals surface area (Å²) in [5.74, 6) is 0.493. The monoisotopic (exact) mass is 216 g/mol. The third-order valence-electron chi connectivity index (χ3n) is 2.42. The molecule has 0 fully saturated rings. The molecule has 0 bridgehead atoms. The van der Waals surface area contributed by atoms with Gasteiger partial charge in [0.15, 0.2) is 0 Å². The highest BCUT2D eigenvalue weighted by Gasteiger charge is 2.18. The van der Waals surface area contributed by atoms with Gasteiger partial charge in [0.2, 0.25) is 0 Å². The Morgan fingerprint density at radius 2 is 2.07 bits per heavy atom. The molecule has 0 saturated heterocycles. The summed E-state index contributed by atoms with van der Waals surface area (Å²) in [6.45, 7) is 6.09. The molecule has 1 N–H and O–H groups in total. The van der Waals surface area contributed by atoms with E-state index in [-0.39, 0.29) is 12.0 Å². The zero-order valence-electron chi connectivity index (χ0n) is 10.5. The summed E-state index contributed by atoms with van der Waals surface area (Å²) < 4.78 is 4.70. The molecule has 0 radical (unpaired) electrons. The lowest BCUT2D eigenvalue weighted by molar-refractivity contribution is -0.143. The average molecular weight is 216 g/mol. The average Bonchev–Trinajstić information content (AvgIpc) is 2.21. The molecular formula is C11H24N2O2. The van der Waals surface area contributed by atoms with Gasteiger partial charge in [0.1, 0.15) is 6.04 Å². The quantitative estimate of drug-likeness (QED) is 0.637. The van der Waals surface area contributed by atoms with Crippen LogP contribution in [-0.4, -0.2) is 51.2 Å². The van der Waals surface area contributed by atoms with E-state index in [0.29, 0.717) is 12.5 Å². The molecule has 4 nitrogen and oxygen atoms in total. The van der Waals surface area contributed by atoms with Crippen molar-refractivity contribution in [2.45, 2.75) is 26.3 Å². The van der Waals surface area contributed by atoms with E-state index in [0.717, 1.165) is 13.0 Å². The van der Waals surface area contributed by atoms with Crippen molar-refractivity contribution in [1.82, 2.24) is 10.2 Å². The molecule has 0 heterocycles. The molecule has 0 saturated carbocycles. The normalized spacial score (nSPS) is 13.3. The second-order valence-electron chi connectivity index (χ2n) is 4.31. The van der Waals surface area contributed by atoms with Gasteiger partial charge >= 0.3 is 5.97 Å². The lowest BCUT2D eigenvalue weighted by atomic mass is 10.1. The Balaban J connectivity index is 3.90. The molecule has 4 heteroatoms. The van der Waals surface area contributed by atoms with Crippen molar-refractivity contribution in [2.24, 2.45) is 5.92 Å². The summed E-state index contributed by atoms with van der Waals surface area (Å²) in [6, 6.07) is -0.229. The van der Waals surface area contributed by atoms with Gasteiger partial charge in [-0.15, -0.1) is 0 Å². The highest BCUT2D eigenvalue weighted by Crippen LogP contribution is 2.01. The van der Waals surface area contributed by atoms with E-state index in [9.17, 15) is 4.79 Å². The summed E-state index contributed by atoms with van der Waals surface area (Å²) in [4.78, 5) is 13.5. The molecule has 0 aromatic rings. The number of carbonyl (C=O) groups excluding carboxylic acids is 1. The van der Waals surface area contributed by atoms with Crippen molar-refractivity contribution in [3.63, 3.8) is 0 Å². The maximum Gasteiger partial charge on any atom is 0.324 e. The predicted molar refractivity (Wildman–Crippen MR) is 61.8 cm³/mol. The number of nitrogens with zero attached hydrogens (tertiary/aromatic N) is 1. The second kappa shape index (κ2) is 7.65. The van der Waals surface area contributed by atoms with Crippen LogP contribution in [0.1, 0.15) is 20.3 Å². The van der Waals surface area contributed by atoms with E-state index in [1.54, 1.807) is 7.05 Å². The number of methoxy groups -OCH3 is 1. The van der Waals surface area contributed by atoms with Gasteiger partial charge in [-0.05, 0) is 33.0 Å². The molecular weight excluding hydrogens is 192 g/mol. The first kappa shape index (κ1) is 14.4. The maximum absolute atomic E-state index is 11.3. The first-order chi connectivity index (χ1) is 7.01. The van der Waals surface area contributed by atoms with E-state index < -0.39 is 0 Å². The first-order valence-electron chi connectivity index (χ1n) is 5.44. The number of hydrogen-bond donors (Lipinski definition) is 1. The van der Waals surface area contributed by atoms with Crippen molar-refractivity contribution in [2.75, 3.05) is 34.3 Å². The molecule has 0 aliphatic carbocycles. The summed E-state index contributed by atoms with van der Waals surface area (Å²) in [7, 11) is 5.22. The van der Waals surface area contributed by atoms with Crippen molar-refractivity contribution in [3.8, 4) is 0 Å². The van der Waals surface area contributed by atoms with Crippen LogP contribution in [0.3, 0.4) is 0 Å². The number of hydrogen-bond acceptors (Lipinski definition) is 4. The number of esters is 1. The van der Waals surface area contributed by atoms with Crippen LogP contribution in [0.25, 0.3) is 0 Å². The van der Waals surface area contributed by atoms with Gasteiger partial charge in [-0.1, -0.05) is 13.8 Å². The molecule has 0 aromatic carbocycles. The fourth-order valence-corrected chi connectivity index (χ4v) is 1.31. The Labute approximate surface area is 93.0 Å². The molecule has 0 aromatic heterocycles. The number of ether oxygens (including phenoxy) is 1. The summed E-state index contributed by atoms with van der Waals surface area (Å²) in [5.41, 5.74) is 0. The predicted octanol–water partition coefficient (Wildman–Crippen LogP) is 0.725. The largest absolute Gasteiger partial charge is 0.468 e. The molecule has 0 amide bonds. The van der Waals surface area contributed by atoms with Crippen molar-refractivity contribution < 1.29 is 9.53 Å². The van der Waals surface area contributed by atoms with Crippen LogP contribution in [0.15, 0.2) is 0 Å². The van der Waals surface area contributed by atoms with Gasteiger partial charge < -0.3 is 15.0 Å². The fourth-order valence-electron chi connectivity index (χ4n) is 1.31. The third-order valence-corrected chi connectivity index (χ3v) is 2.42. The lowest BCUT2D eigenvalue weighted by Crippen LogP contribution is -2.44. The summed E-state index contributed by atoms with van der Waals surface area (Å²) >= 11 is 0. The highest BCUT2D eigenvalue weighted by atomic mass is 16.5. The van der Waals surface area contributed by atoms with Gasteiger partial charge in [0.25, 0.3) is 0 Å². The zero-order valence-corrected chi connectivity index (χ0v) is 10.5. The molecule has 0 rings (SSSR count). The molecule has 1 unspecified atom stereocenters. The Bertz CT molecular complexity index is 183. The van der Waals surface area contributed by atoms with Crippen molar-refractivity contribution in [3.05, 3.63) is 0 Å². The van der Waals surface area contributed by atoms with E-state index in [1.807, 2.05) is 7.05 Å². The van der Waals surface area contributed by atoms with Gasteiger partial charge in [0.05, 0.1) is 7.11 Å². The van der Waals surface area contributed by atoms with Crippen LogP contribution in [0.4, 0.5) is 0 Å².